The van der Waals surface area contributed by atoms with Crippen molar-refractivity contribution < 1.29 is 38.5 Å². The molecule has 2 aromatic carbocycles. The average molecular weight is 686 g/mol. The average Bonchev–Trinajstić information content (AvgIpc) is 3.50. The highest BCUT2D eigenvalue weighted by atomic mass is 16.6. The molecule has 1 spiro atoms. The van der Waals surface area contributed by atoms with E-state index in [0.717, 1.165) is 12.8 Å². The van der Waals surface area contributed by atoms with Crippen LogP contribution in [0.1, 0.15) is 62.8 Å². The van der Waals surface area contributed by atoms with Crippen molar-refractivity contribution in [1.82, 2.24) is 15.1 Å². The van der Waals surface area contributed by atoms with Gasteiger partial charge in [0, 0.05) is 26.1 Å². The lowest BCUT2D eigenvalue weighted by atomic mass is 9.77. The Balaban J connectivity index is 1.49. The molecule has 3 amide bonds. The van der Waals surface area contributed by atoms with Crippen molar-refractivity contribution >= 4 is 23.7 Å². The number of nitrogens with one attached hydrogen (secondary N) is 1. The van der Waals surface area contributed by atoms with Gasteiger partial charge in [0.05, 0.1) is 37.3 Å². The molecule has 0 bridgehead atoms. The molecule has 2 aromatic rings. The Morgan fingerprint density at radius 1 is 1.02 bits per heavy atom. The predicted molar refractivity (Wildman–Crippen MR) is 184 cm³/mol. The number of aliphatic hydroxyl groups is 1. The van der Waals surface area contributed by atoms with Crippen LogP contribution in [0.4, 0.5) is 0 Å². The van der Waals surface area contributed by atoms with Crippen molar-refractivity contribution in [2.24, 2.45) is 11.8 Å². The maximum atomic E-state index is 15.0. The first-order chi connectivity index (χ1) is 24.2. The Morgan fingerprint density at radius 2 is 1.74 bits per heavy atom. The molecule has 6 rings (SSSR count). The number of cyclic esters (lactones) is 1. The first-order valence-corrected chi connectivity index (χ1v) is 17.6. The molecule has 2 saturated heterocycles. The van der Waals surface area contributed by atoms with Crippen LogP contribution < -0.4 is 5.32 Å². The van der Waals surface area contributed by atoms with E-state index in [-0.39, 0.29) is 30.9 Å². The summed E-state index contributed by atoms with van der Waals surface area (Å²) in [6.45, 7) is 3.99. The lowest BCUT2D eigenvalue weighted by molar-refractivity contribution is -0.163. The molecule has 0 aromatic heterocycles. The second-order valence-corrected chi connectivity index (χ2v) is 13.6. The molecule has 2 fully saturated rings. The van der Waals surface area contributed by atoms with E-state index in [1.54, 1.807) is 23.1 Å². The van der Waals surface area contributed by atoms with Crippen molar-refractivity contribution in [2.45, 2.75) is 81.5 Å². The monoisotopic (exact) mass is 685 g/mol. The Morgan fingerprint density at radius 3 is 2.42 bits per heavy atom. The zero-order valence-electron chi connectivity index (χ0n) is 28.9. The van der Waals surface area contributed by atoms with E-state index < -0.39 is 66.3 Å². The summed E-state index contributed by atoms with van der Waals surface area (Å²) in [4.78, 5) is 60.8. The van der Waals surface area contributed by atoms with Gasteiger partial charge in [-0.05, 0) is 30.9 Å². The number of carbonyl (C=O) groups excluding carboxylic acids is 4. The number of nitrogens with zero attached hydrogens (tertiary/aromatic N) is 2. The van der Waals surface area contributed by atoms with Gasteiger partial charge in [0.2, 0.25) is 17.7 Å². The first kappa shape index (κ1) is 35.5. The third-order valence-corrected chi connectivity index (χ3v) is 10.5. The van der Waals surface area contributed by atoms with E-state index in [9.17, 15) is 19.5 Å². The van der Waals surface area contributed by atoms with Crippen molar-refractivity contribution in [2.75, 3.05) is 26.9 Å². The lowest BCUT2D eigenvalue weighted by Gasteiger charge is -2.40. The van der Waals surface area contributed by atoms with E-state index >= 15 is 4.79 Å². The molecular formula is C39H47N3O8. The standard InChI is InChI=1S/C39H47N3O8/c1-4-14-25(2)41-22-13-21-39-33(36(45)42(35(39)37(41)46)29(23-43)26-15-7-5-8-16-26)32-30(50-39)19-11-12-20-31(44)40-28(24-48-3)34(49-38(32)47)27-17-9-6-10-18-27/h5-11,13,15-19,21,25,28-30,32-35,43H,4,12,14,20,22-24H2,1-3H3,(H,40,44)/b19-11-/t25?,28-,29+,30-,32+,33+,34-,35-,39+/m0/s1. The molecule has 1 unspecified atom stereocenters. The first-order valence-electron chi connectivity index (χ1n) is 17.6. The minimum atomic E-state index is -1.53. The van der Waals surface area contributed by atoms with Gasteiger partial charge < -0.3 is 34.4 Å². The largest absolute Gasteiger partial charge is 0.455 e. The van der Waals surface area contributed by atoms with Gasteiger partial charge in [-0.2, -0.15) is 0 Å². The summed E-state index contributed by atoms with van der Waals surface area (Å²) >= 11 is 0. The molecule has 266 valence electrons. The van der Waals surface area contributed by atoms with Gasteiger partial charge in [-0.15, -0.1) is 0 Å². The third-order valence-electron chi connectivity index (χ3n) is 10.5. The fraction of sp³-hybridized carbons (Fsp3) is 0.487. The van der Waals surface area contributed by atoms with E-state index in [4.69, 9.17) is 14.2 Å². The summed E-state index contributed by atoms with van der Waals surface area (Å²) in [6.07, 6.45) is 7.43. The fourth-order valence-electron chi connectivity index (χ4n) is 8.18. The van der Waals surface area contributed by atoms with Gasteiger partial charge in [0.15, 0.2) is 0 Å². The number of benzene rings is 2. The number of fused-ring (bicyclic) bond motifs is 2. The van der Waals surface area contributed by atoms with Gasteiger partial charge in [-0.1, -0.05) is 98.3 Å². The lowest BCUT2D eigenvalue weighted by Crippen LogP contribution is -2.57. The molecule has 0 aliphatic carbocycles. The number of ether oxygens (including phenoxy) is 3. The van der Waals surface area contributed by atoms with Gasteiger partial charge >= 0.3 is 5.97 Å². The molecular weight excluding hydrogens is 638 g/mol. The van der Waals surface area contributed by atoms with E-state index in [2.05, 4.69) is 12.2 Å². The number of hydrogen-bond acceptors (Lipinski definition) is 8. The predicted octanol–water partition coefficient (Wildman–Crippen LogP) is 3.65. The molecule has 9 atom stereocenters. The number of amides is 3. The highest BCUT2D eigenvalue weighted by molar-refractivity contribution is 5.99. The number of allylic oxidation sites excluding steroid dienone is 1. The number of aliphatic hydroxyl groups excluding tert-OH is 1. The number of methoxy groups -OCH3 is 1. The van der Waals surface area contributed by atoms with Crippen LogP contribution in [0.15, 0.2) is 85.0 Å². The van der Waals surface area contributed by atoms with Crippen LogP contribution in [0.25, 0.3) is 0 Å². The van der Waals surface area contributed by atoms with Crippen molar-refractivity contribution in [1.29, 1.82) is 0 Å². The molecule has 11 nitrogen and oxygen atoms in total. The zero-order chi connectivity index (χ0) is 35.4. The highest BCUT2D eigenvalue weighted by Gasteiger charge is 2.72. The smallest absolute Gasteiger partial charge is 0.313 e. The Labute approximate surface area is 293 Å². The second kappa shape index (κ2) is 15.3. The maximum absolute atomic E-state index is 15.0. The normalized spacial score (nSPS) is 31.7. The van der Waals surface area contributed by atoms with Crippen LogP contribution in [0.5, 0.6) is 0 Å². The Kier molecular flexibility index (Phi) is 10.9. The minimum absolute atomic E-state index is 0.0689. The zero-order valence-corrected chi connectivity index (χ0v) is 28.9. The molecule has 0 saturated carbocycles. The van der Waals surface area contributed by atoms with Crippen molar-refractivity contribution in [3.05, 3.63) is 96.1 Å². The topological polar surface area (TPSA) is 135 Å². The van der Waals surface area contributed by atoms with Crippen LogP contribution in [0.2, 0.25) is 0 Å². The summed E-state index contributed by atoms with van der Waals surface area (Å²) in [6, 6.07) is 15.3. The molecule has 4 aliphatic rings. The summed E-state index contributed by atoms with van der Waals surface area (Å²) in [5.74, 6) is -3.96. The van der Waals surface area contributed by atoms with Crippen LogP contribution in [0.3, 0.4) is 0 Å². The van der Waals surface area contributed by atoms with E-state index in [1.807, 2.05) is 73.7 Å². The summed E-state index contributed by atoms with van der Waals surface area (Å²) in [5.41, 5.74) is -0.224. The number of esters is 1. The fourth-order valence-corrected chi connectivity index (χ4v) is 8.18. The second-order valence-electron chi connectivity index (χ2n) is 13.6. The maximum Gasteiger partial charge on any atom is 0.313 e. The number of rotatable bonds is 9. The summed E-state index contributed by atoms with van der Waals surface area (Å²) < 4.78 is 18.7. The Hall–Kier alpha value is -4.32. The highest BCUT2D eigenvalue weighted by Crippen LogP contribution is 2.55. The summed E-state index contributed by atoms with van der Waals surface area (Å²) in [7, 11) is 1.51. The van der Waals surface area contributed by atoms with Gasteiger partial charge in [0.1, 0.15) is 23.7 Å². The minimum Gasteiger partial charge on any atom is -0.455 e. The van der Waals surface area contributed by atoms with E-state index in [1.165, 1.54) is 12.0 Å². The molecule has 2 N–H and O–H groups in total. The number of carbonyl (C=O) groups is 4. The van der Waals surface area contributed by atoms with Gasteiger partial charge in [-0.3, -0.25) is 19.2 Å². The SMILES string of the molecule is CCCC(C)N1CC=C[C@@]23O[C@H]4/C=C\CCC(=O)N[C@@H](COC)[C@H](c5ccccc5)OC(=O)[C@H]4[C@@H]2C(=O)N([C@H](CO)c2ccccc2)[C@H]3C1=O. The quantitative estimate of drug-likeness (QED) is 0.302. The van der Waals surface area contributed by atoms with E-state index in [0.29, 0.717) is 24.1 Å². The van der Waals surface area contributed by atoms with Gasteiger partial charge in [0.25, 0.3) is 0 Å². The van der Waals surface area contributed by atoms with Crippen LogP contribution in [-0.4, -0.2) is 95.3 Å². The molecule has 4 aliphatic heterocycles. The van der Waals surface area contributed by atoms with Crippen molar-refractivity contribution in [3.63, 3.8) is 0 Å². The molecule has 11 heteroatoms. The van der Waals surface area contributed by atoms with Crippen LogP contribution in [0, 0.1) is 11.8 Å². The summed E-state index contributed by atoms with van der Waals surface area (Å²) in [5, 5.41) is 13.8. The van der Waals surface area contributed by atoms with Crippen LogP contribution >= 0.6 is 0 Å². The van der Waals surface area contributed by atoms with Crippen molar-refractivity contribution in [3.8, 4) is 0 Å². The van der Waals surface area contributed by atoms with Gasteiger partial charge in [-0.25, -0.2) is 0 Å². The number of hydrogen-bond donors (Lipinski definition) is 2. The Bertz CT molecular complexity index is 1600. The molecule has 4 heterocycles. The van der Waals surface area contributed by atoms with Crippen LogP contribution in [-0.2, 0) is 33.4 Å². The third kappa shape index (κ3) is 6.50. The number of likely N-dealkylation sites (tertiary alicyclic amines) is 1. The molecule has 0 radical (unpaired) electrons. The molecule has 50 heavy (non-hydrogen) atoms.